The minimum absolute atomic E-state index is 0.138. The summed E-state index contributed by atoms with van der Waals surface area (Å²) in [6, 6.07) is 5.73. The SMILES string of the molecule is CC1CC1CNC(CN)c1cc(Cl)cc(Cl)c1. The molecule has 1 aromatic carbocycles. The number of nitrogens with one attached hydrogen (secondary N) is 1. The molecule has 3 N–H and O–H groups in total. The maximum Gasteiger partial charge on any atom is 0.0445 e. The van der Waals surface area contributed by atoms with Crippen molar-refractivity contribution in [1.29, 1.82) is 0 Å². The van der Waals surface area contributed by atoms with Crippen molar-refractivity contribution in [2.75, 3.05) is 13.1 Å². The second-order valence-electron chi connectivity index (χ2n) is 4.87. The van der Waals surface area contributed by atoms with Crippen LogP contribution in [0.25, 0.3) is 0 Å². The van der Waals surface area contributed by atoms with Crippen LogP contribution in [-0.4, -0.2) is 13.1 Å². The highest BCUT2D eigenvalue weighted by molar-refractivity contribution is 6.34. The molecule has 4 heteroatoms. The highest BCUT2D eigenvalue weighted by Gasteiger charge is 2.32. The van der Waals surface area contributed by atoms with Crippen LogP contribution in [0.3, 0.4) is 0 Å². The van der Waals surface area contributed by atoms with Crippen LogP contribution in [0.4, 0.5) is 0 Å². The lowest BCUT2D eigenvalue weighted by atomic mass is 10.1. The number of hydrogen-bond acceptors (Lipinski definition) is 2. The third-order valence-corrected chi connectivity index (χ3v) is 3.86. The normalized spacial score (nSPS) is 24.7. The van der Waals surface area contributed by atoms with Crippen LogP contribution >= 0.6 is 23.2 Å². The Labute approximate surface area is 112 Å². The fraction of sp³-hybridized carbons (Fsp3) is 0.538. The molecule has 0 amide bonds. The summed E-state index contributed by atoms with van der Waals surface area (Å²) in [6.07, 6.45) is 1.32. The molecular weight excluding hydrogens is 255 g/mol. The molecule has 2 nitrogen and oxygen atoms in total. The Bertz CT molecular complexity index is 375. The summed E-state index contributed by atoms with van der Waals surface area (Å²) in [5, 5.41) is 4.81. The Kier molecular flexibility index (Phi) is 4.31. The van der Waals surface area contributed by atoms with E-state index in [1.807, 2.05) is 12.1 Å². The average molecular weight is 273 g/mol. The van der Waals surface area contributed by atoms with Crippen molar-refractivity contribution in [2.45, 2.75) is 19.4 Å². The Morgan fingerprint density at radius 1 is 1.35 bits per heavy atom. The van der Waals surface area contributed by atoms with Crippen LogP contribution in [0.1, 0.15) is 24.9 Å². The van der Waals surface area contributed by atoms with Crippen LogP contribution < -0.4 is 11.1 Å². The third-order valence-electron chi connectivity index (χ3n) is 3.43. The molecule has 1 aromatic rings. The van der Waals surface area contributed by atoms with Gasteiger partial charge in [-0.05, 0) is 48.6 Å². The minimum atomic E-state index is 0.138. The van der Waals surface area contributed by atoms with Gasteiger partial charge in [0.05, 0.1) is 0 Å². The van der Waals surface area contributed by atoms with Gasteiger partial charge in [0, 0.05) is 22.6 Å². The molecule has 0 bridgehead atoms. The Morgan fingerprint density at radius 3 is 2.41 bits per heavy atom. The van der Waals surface area contributed by atoms with Crippen molar-refractivity contribution in [1.82, 2.24) is 5.32 Å². The average Bonchev–Trinajstić information content (AvgIpc) is 2.94. The lowest BCUT2D eigenvalue weighted by molar-refractivity contribution is 0.511. The van der Waals surface area contributed by atoms with Gasteiger partial charge in [-0.3, -0.25) is 0 Å². The van der Waals surface area contributed by atoms with Crippen LogP contribution in [-0.2, 0) is 0 Å². The molecule has 3 unspecified atom stereocenters. The number of halogens is 2. The van der Waals surface area contributed by atoms with Gasteiger partial charge in [0.1, 0.15) is 0 Å². The molecule has 1 saturated carbocycles. The van der Waals surface area contributed by atoms with Gasteiger partial charge in [0.25, 0.3) is 0 Å². The van der Waals surface area contributed by atoms with E-state index in [9.17, 15) is 0 Å². The Balaban J connectivity index is 2.00. The number of nitrogens with two attached hydrogens (primary N) is 1. The molecule has 1 fully saturated rings. The predicted octanol–water partition coefficient (Wildman–Crippen LogP) is 3.24. The van der Waals surface area contributed by atoms with Crippen LogP contribution in [0.5, 0.6) is 0 Å². The van der Waals surface area contributed by atoms with Gasteiger partial charge in [0.15, 0.2) is 0 Å². The zero-order chi connectivity index (χ0) is 12.4. The summed E-state index contributed by atoms with van der Waals surface area (Å²) in [5.41, 5.74) is 6.87. The van der Waals surface area contributed by atoms with Gasteiger partial charge in [-0.15, -0.1) is 0 Å². The second-order valence-corrected chi connectivity index (χ2v) is 5.75. The molecule has 1 aliphatic rings. The lowest BCUT2D eigenvalue weighted by Crippen LogP contribution is -2.30. The summed E-state index contributed by atoms with van der Waals surface area (Å²) in [4.78, 5) is 0. The number of benzene rings is 1. The smallest absolute Gasteiger partial charge is 0.0445 e. The van der Waals surface area contributed by atoms with Crippen molar-refractivity contribution in [2.24, 2.45) is 17.6 Å². The van der Waals surface area contributed by atoms with Crippen LogP contribution in [0.2, 0.25) is 10.0 Å². The molecule has 1 aliphatic carbocycles. The first-order valence-corrected chi connectivity index (χ1v) is 6.75. The molecule has 17 heavy (non-hydrogen) atoms. The van der Waals surface area contributed by atoms with Gasteiger partial charge in [-0.1, -0.05) is 30.1 Å². The second kappa shape index (κ2) is 5.57. The molecule has 2 rings (SSSR count). The fourth-order valence-corrected chi connectivity index (χ4v) is 2.63. The third kappa shape index (κ3) is 3.59. The first kappa shape index (κ1) is 13.2. The van der Waals surface area contributed by atoms with Gasteiger partial charge < -0.3 is 11.1 Å². The molecule has 0 radical (unpaired) electrons. The van der Waals surface area contributed by atoms with Crippen molar-refractivity contribution < 1.29 is 0 Å². The van der Waals surface area contributed by atoms with E-state index in [0.717, 1.165) is 23.9 Å². The first-order chi connectivity index (χ1) is 8.10. The van der Waals surface area contributed by atoms with Crippen molar-refractivity contribution in [3.05, 3.63) is 33.8 Å². The summed E-state index contributed by atoms with van der Waals surface area (Å²) >= 11 is 12.0. The summed E-state index contributed by atoms with van der Waals surface area (Å²) in [5.74, 6) is 1.66. The zero-order valence-corrected chi connectivity index (χ0v) is 11.4. The van der Waals surface area contributed by atoms with Crippen LogP contribution in [0.15, 0.2) is 18.2 Å². The maximum absolute atomic E-state index is 6.00. The van der Waals surface area contributed by atoms with Gasteiger partial charge in [0.2, 0.25) is 0 Å². The molecule has 94 valence electrons. The quantitative estimate of drug-likeness (QED) is 0.864. The lowest BCUT2D eigenvalue weighted by Gasteiger charge is -2.18. The van der Waals surface area contributed by atoms with Crippen molar-refractivity contribution >= 4 is 23.2 Å². The largest absolute Gasteiger partial charge is 0.329 e. The molecule has 0 saturated heterocycles. The minimum Gasteiger partial charge on any atom is -0.329 e. The van der Waals surface area contributed by atoms with E-state index in [0.29, 0.717) is 16.6 Å². The van der Waals surface area contributed by atoms with E-state index in [2.05, 4.69) is 12.2 Å². The molecule has 0 aromatic heterocycles. The summed E-state index contributed by atoms with van der Waals surface area (Å²) < 4.78 is 0. The van der Waals surface area contributed by atoms with Crippen molar-refractivity contribution in [3.8, 4) is 0 Å². The van der Waals surface area contributed by atoms with E-state index in [1.165, 1.54) is 6.42 Å². The predicted molar refractivity (Wildman–Crippen MR) is 73.5 cm³/mol. The van der Waals surface area contributed by atoms with E-state index >= 15 is 0 Å². The van der Waals surface area contributed by atoms with Gasteiger partial charge in [-0.25, -0.2) is 0 Å². The standard InChI is InChI=1S/C13H18Cl2N2/c1-8-2-10(8)7-17-13(6-16)9-3-11(14)5-12(15)4-9/h3-5,8,10,13,17H,2,6-7,16H2,1H3. The topological polar surface area (TPSA) is 38.0 Å². The van der Waals surface area contributed by atoms with Crippen LogP contribution in [0, 0.1) is 11.8 Å². The van der Waals surface area contributed by atoms with E-state index in [1.54, 1.807) is 6.07 Å². The molecule has 0 heterocycles. The van der Waals surface area contributed by atoms with Crippen molar-refractivity contribution in [3.63, 3.8) is 0 Å². The number of rotatable bonds is 5. The first-order valence-electron chi connectivity index (χ1n) is 5.99. The highest BCUT2D eigenvalue weighted by atomic mass is 35.5. The number of hydrogen-bond donors (Lipinski definition) is 2. The van der Waals surface area contributed by atoms with Gasteiger partial charge in [-0.2, -0.15) is 0 Å². The summed E-state index contributed by atoms with van der Waals surface area (Å²) in [6.45, 7) is 3.85. The zero-order valence-electron chi connectivity index (χ0n) is 9.92. The Hall–Kier alpha value is -0.280. The Morgan fingerprint density at radius 2 is 1.94 bits per heavy atom. The molecular formula is C13H18Cl2N2. The summed E-state index contributed by atoms with van der Waals surface area (Å²) in [7, 11) is 0. The maximum atomic E-state index is 6.00. The van der Waals surface area contributed by atoms with Gasteiger partial charge >= 0.3 is 0 Å². The molecule has 3 atom stereocenters. The molecule has 0 spiro atoms. The highest BCUT2D eigenvalue weighted by Crippen LogP contribution is 2.37. The monoisotopic (exact) mass is 272 g/mol. The van der Waals surface area contributed by atoms with E-state index < -0.39 is 0 Å². The fourth-order valence-electron chi connectivity index (χ4n) is 2.09. The van der Waals surface area contributed by atoms with E-state index in [4.69, 9.17) is 28.9 Å². The van der Waals surface area contributed by atoms with E-state index in [-0.39, 0.29) is 6.04 Å². The molecule has 0 aliphatic heterocycles.